The average molecular weight is 202 g/mol. The molecular weight excluding hydrogens is 188 g/mol. The minimum Gasteiger partial charge on any atom is -0.316 e. The van der Waals surface area contributed by atoms with E-state index in [2.05, 4.69) is 15.4 Å². The van der Waals surface area contributed by atoms with E-state index in [4.69, 9.17) is 0 Å². The highest BCUT2D eigenvalue weighted by molar-refractivity contribution is 5.29. The van der Waals surface area contributed by atoms with Gasteiger partial charge in [-0.2, -0.15) is 5.10 Å². The fourth-order valence-corrected chi connectivity index (χ4v) is 1.48. The molecule has 0 saturated heterocycles. The van der Waals surface area contributed by atoms with Crippen LogP contribution in [-0.2, 0) is 6.54 Å². The van der Waals surface area contributed by atoms with Gasteiger partial charge >= 0.3 is 0 Å². The molecule has 15 heavy (non-hydrogen) atoms. The van der Waals surface area contributed by atoms with Crippen LogP contribution in [0.1, 0.15) is 11.3 Å². The van der Waals surface area contributed by atoms with Gasteiger partial charge in [0.1, 0.15) is 0 Å². The van der Waals surface area contributed by atoms with Crippen LogP contribution in [0.2, 0.25) is 0 Å². The Labute approximate surface area is 89.0 Å². The summed E-state index contributed by atoms with van der Waals surface area (Å²) in [6.45, 7) is 2.85. The largest absolute Gasteiger partial charge is 0.316 e. The van der Waals surface area contributed by atoms with Gasteiger partial charge in [0.05, 0.1) is 17.6 Å². The zero-order valence-electron chi connectivity index (χ0n) is 8.94. The molecule has 0 spiro atoms. The quantitative estimate of drug-likeness (QED) is 0.815. The lowest BCUT2D eigenvalue weighted by Crippen LogP contribution is -2.05. The summed E-state index contributed by atoms with van der Waals surface area (Å²) in [4.78, 5) is 4.07. The fraction of sp³-hybridized carbons (Fsp3) is 0.273. The molecule has 0 atom stereocenters. The van der Waals surface area contributed by atoms with Gasteiger partial charge in [0.15, 0.2) is 0 Å². The Morgan fingerprint density at radius 2 is 2.33 bits per heavy atom. The molecule has 0 aromatic carbocycles. The second-order valence-corrected chi connectivity index (χ2v) is 3.43. The maximum atomic E-state index is 4.44. The highest BCUT2D eigenvalue weighted by Crippen LogP contribution is 2.10. The van der Waals surface area contributed by atoms with E-state index in [9.17, 15) is 0 Å². The molecule has 2 aromatic heterocycles. The van der Waals surface area contributed by atoms with E-state index in [1.54, 1.807) is 12.4 Å². The summed E-state index contributed by atoms with van der Waals surface area (Å²) < 4.78 is 1.86. The fourth-order valence-electron chi connectivity index (χ4n) is 1.48. The van der Waals surface area contributed by atoms with Crippen molar-refractivity contribution in [2.75, 3.05) is 7.05 Å². The third-order valence-electron chi connectivity index (χ3n) is 2.28. The summed E-state index contributed by atoms with van der Waals surface area (Å²) in [7, 11) is 1.93. The summed E-state index contributed by atoms with van der Waals surface area (Å²) in [5.41, 5.74) is 3.25. The molecule has 0 saturated carbocycles. The van der Waals surface area contributed by atoms with Crippen molar-refractivity contribution in [3.63, 3.8) is 0 Å². The van der Waals surface area contributed by atoms with E-state index in [1.165, 1.54) is 5.56 Å². The number of aromatic nitrogens is 3. The minimum absolute atomic E-state index is 0.839. The number of nitrogens with zero attached hydrogens (tertiary/aromatic N) is 3. The lowest BCUT2D eigenvalue weighted by atomic mass is 10.3. The maximum Gasteiger partial charge on any atom is 0.0828 e. The smallest absolute Gasteiger partial charge is 0.0828 e. The molecule has 0 aliphatic carbocycles. The van der Waals surface area contributed by atoms with Gasteiger partial charge in [-0.15, -0.1) is 0 Å². The summed E-state index contributed by atoms with van der Waals surface area (Å²) in [5, 5.41) is 7.56. The highest BCUT2D eigenvalue weighted by Gasteiger charge is 2.04. The predicted molar refractivity (Wildman–Crippen MR) is 58.9 cm³/mol. The van der Waals surface area contributed by atoms with Gasteiger partial charge in [0, 0.05) is 24.5 Å². The molecule has 0 unspecified atom stereocenters. The van der Waals surface area contributed by atoms with Crippen LogP contribution in [0.5, 0.6) is 0 Å². The van der Waals surface area contributed by atoms with Crippen molar-refractivity contribution in [3.8, 4) is 5.69 Å². The van der Waals surface area contributed by atoms with Crippen molar-refractivity contribution in [1.29, 1.82) is 0 Å². The molecule has 4 nitrogen and oxygen atoms in total. The van der Waals surface area contributed by atoms with Crippen LogP contribution in [0, 0.1) is 6.92 Å². The van der Waals surface area contributed by atoms with Crippen LogP contribution in [0.4, 0.5) is 0 Å². The molecule has 2 heterocycles. The van der Waals surface area contributed by atoms with Crippen molar-refractivity contribution in [2.45, 2.75) is 13.5 Å². The third-order valence-corrected chi connectivity index (χ3v) is 2.28. The lowest BCUT2D eigenvalue weighted by molar-refractivity contribution is 0.812. The third kappa shape index (κ3) is 2.05. The topological polar surface area (TPSA) is 42.7 Å². The van der Waals surface area contributed by atoms with E-state index in [1.807, 2.05) is 37.0 Å². The van der Waals surface area contributed by atoms with Gasteiger partial charge in [0.2, 0.25) is 0 Å². The van der Waals surface area contributed by atoms with Crippen LogP contribution < -0.4 is 5.32 Å². The number of nitrogens with one attached hydrogen (secondary N) is 1. The number of pyridine rings is 1. The van der Waals surface area contributed by atoms with Gasteiger partial charge in [-0.1, -0.05) is 0 Å². The SMILES string of the molecule is CNCc1cn(-c2cccnc2)nc1C. The van der Waals surface area contributed by atoms with Crippen molar-refractivity contribution in [2.24, 2.45) is 0 Å². The molecule has 0 amide bonds. The van der Waals surface area contributed by atoms with E-state index < -0.39 is 0 Å². The van der Waals surface area contributed by atoms with Crippen molar-refractivity contribution in [3.05, 3.63) is 42.0 Å². The van der Waals surface area contributed by atoms with Crippen LogP contribution in [0.25, 0.3) is 5.69 Å². The second kappa shape index (κ2) is 4.23. The Kier molecular flexibility index (Phi) is 2.78. The molecule has 4 heteroatoms. The monoisotopic (exact) mass is 202 g/mol. The van der Waals surface area contributed by atoms with E-state index in [0.29, 0.717) is 0 Å². The number of rotatable bonds is 3. The predicted octanol–water partition coefficient (Wildman–Crippen LogP) is 1.30. The summed E-state index contributed by atoms with van der Waals surface area (Å²) in [6.07, 6.45) is 5.59. The molecule has 0 fully saturated rings. The van der Waals surface area contributed by atoms with Gasteiger partial charge < -0.3 is 5.32 Å². The summed E-state index contributed by atoms with van der Waals surface area (Å²) in [6, 6.07) is 3.90. The molecule has 2 aromatic rings. The van der Waals surface area contributed by atoms with Gasteiger partial charge in [-0.05, 0) is 26.1 Å². The molecule has 1 N–H and O–H groups in total. The summed E-state index contributed by atoms with van der Waals surface area (Å²) in [5.74, 6) is 0. The van der Waals surface area contributed by atoms with Crippen molar-refractivity contribution >= 4 is 0 Å². The Morgan fingerprint density at radius 3 is 3.00 bits per heavy atom. The maximum absolute atomic E-state index is 4.44. The molecular formula is C11H14N4. The molecule has 78 valence electrons. The molecule has 0 bridgehead atoms. The minimum atomic E-state index is 0.839. The van der Waals surface area contributed by atoms with Gasteiger partial charge in [-0.3, -0.25) is 4.98 Å². The standard InChI is InChI=1S/C11H14N4/c1-9-10(6-12-2)8-15(14-9)11-4-3-5-13-7-11/h3-5,7-8,12H,6H2,1-2H3. The first-order chi connectivity index (χ1) is 7.31. The van der Waals surface area contributed by atoms with Crippen LogP contribution in [-0.4, -0.2) is 21.8 Å². The lowest BCUT2D eigenvalue weighted by Gasteiger charge is -1.98. The Balaban J connectivity index is 2.34. The van der Waals surface area contributed by atoms with E-state index in [0.717, 1.165) is 17.9 Å². The van der Waals surface area contributed by atoms with Gasteiger partial charge in [-0.25, -0.2) is 4.68 Å². The average Bonchev–Trinajstić information content (AvgIpc) is 2.63. The number of hydrogen-bond donors (Lipinski definition) is 1. The van der Waals surface area contributed by atoms with E-state index >= 15 is 0 Å². The Hall–Kier alpha value is -1.68. The van der Waals surface area contributed by atoms with E-state index in [-0.39, 0.29) is 0 Å². The van der Waals surface area contributed by atoms with Crippen LogP contribution >= 0.6 is 0 Å². The Bertz CT molecular complexity index is 433. The first-order valence-corrected chi connectivity index (χ1v) is 4.91. The number of aryl methyl sites for hydroxylation is 1. The highest BCUT2D eigenvalue weighted by atomic mass is 15.3. The molecule has 0 radical (unpaired) electrons. The molecule has 2 rings (SSSR count). The van der Waals surface area contributed by atoms with Gasteiger partial charge in [0.25, 0.3) is 0 Å². The Morgan fingerprint density at radius 1 is 1.47 bits per heavy atom. The first-order valence-electron chi connectivity index (χ1n) is 4.91. The zero-order valence-corrected chi connectivity index (χ0v) is 8.94. The second-order valence-electron chi connectivity index (χ2n) is 3.43. The molecule has 0 aliphatic rings. The van der Waals surface area contributed by atoms with Crippen molar-refractivity contribution < 1.29 is 0 Å². The van der Waals surface area contributed by atoms with Crippen LogP contribution in [0.15, 0.2) is 30.7 Å². The summed E-state index contributed by atoms with van der Waals surface area (Å²) >= 11 is 0. The number of hydrogen-bond acceptors (Lipinski definition) is 3. The molecule has 0 aliphatic heterocycles. The zero-order chi connectivity index (χ0) is 10.7. The van der Waals surface area contributed by atoms with Crippen LogP contribution in [0.3, 0.4) is 0 Å². The van der Waals surface area contributed by atoms with Crippen molar-refractivity contribution in [1.82, 2.24) is 20.1 Å². The normalized spacial score (nSPS) is 10.5. The first kappa shape index (κ1) is 9.86.